The van der Waals surface area contributed by atoms with Crippen LogP contribution in [0.5, 0.6) is 0 Å². The molecule has 1 fully saturated rings. The molecule has 0 aliphatic carbocycles. The van der Waals surface area contributed by atoms with E-state index in [2.05, 4.69) is 24.3 Å². The fraction of sp³-hybridized carbons (Fsp3) is 0.462. The van der Waals surface area contributed by atoms with Gasteiger partial charge in [-0.2, -0.15) is 0 Å². The summed E-state index contributed by atoms with van der Waals surface area (Å²) in [4.78, 5) is 42.0. The molecular formula is C39H51N4O4+. The zero-order valence-electron chi connectivity index (χ0n) is 28.1. The van der Waals surface area contributed by atoms with E-state index < -0.39 is 0 Å². The van der Waals surface area contributed by atoms with Crippen LogP contribution >= 0.6 is 0 Å². The number of likely N-dealkylation sites (tertiary alicyclic amines) is 1. The van der Waals surface area contributed by atoms with Crippen LogP contribution in [0.25, 0.3) is 0 Å². The van der Waals surface area contributed by atoms with E-state index in [0.717, 1.165) is 74.0 Å². The summed E-state index contributed by atoms with van der Waals surface area (Å²) in [6.45, 7) is 5.68. The summed E-state index contributed by atoms with van der Waals surface area (Å²) in [7, 11) is 4.55. The summed E-state index contributed by atoms with van der Waals surface area (Å²) in [6, 6.07) is 26.9. The van der Waals surface area contributed by atoms with Gasteiger partial charge in [0.05, 0.1) is 44.4 Å². The van der Waals surface area contributed by atoms with E-state index in [9.17, 15) is 14.4 Å². The lowest BCUT2D eigenvalue weighted by Gasteiger charge is -2.32. The second-order valence-corrected chi connectivity index (χ2v) is 13.7. The standard InChI is InChI=1S/C39H50N4O4/c1-43(2,30-16-14-26-42-37(44)34-21-11-12-22-35(34)38(42)45)29-15-4-3-13-25-41-27-23-33(24-28-41)47-39(46)40-36(31-17-7-5-8-18-31)32-19-9-6-10-20-32/h5-12,17-22,33,36H,3-4,13-16,23-30H2,1-2H3/p+1. The van der Waals surface area contributed by atoms with Crippen LogP contribution in [0.15, 0.2) is 84.9 Å². The highest BCUT2D eigenvalue weighted by Gasteiger charge is 2.34. The van der Waals surface area contributed by atoms with Crippen LogP contribution in [0.3, 0.4) is 0 Å². The molecule has 3 amide bonds. The van der Waals surface area contributed by atoms with Gasteiger partial charge in [0.25, 0.3) is 11.8 Å². The van der Waals surface area contributed by atoms with Crippen molar-refractivity contribution in [3.63, 3.8) is 0 Å². The van der Waals surface area contributed by atoms with Crippen molar-refractivity contribution in [2.45, 2.75) is 63.5 Å². The number of hydrogen-bond acceptors (Lipinski definition) is 5. The monoisotopic (exact) mass is 639 g/mol. The minimum atomic E-state index is -0.356. The first-order chi connectivity index (χ1) is 22.8. The maximum atomic E-state index is 12.9. The Bertz CT molecular complexity index is 1380. The highest BCUT2D eigenvalue weighted by molar-refractivity contribution is 6.21. The van der Waals surface area contributed by atoms with E-state index in [-0.39, 0.29) is 30.1 Å². The third kappa shape index (κ3) is 9.75. The molecule has 0 bridgehead atoms. The third-order valence-electron chi connectivity index (χ3n) is 9.60. The fourth-order valence-corrected chi connectivity index (χ4v) is 6.80. The summed E-state index contributed by atoms with van der Waals surface area (Å²) >= 11 is 0. The molecular weight excluding hydrogens is 588 g/mol. The van der Waals surface area contributed by atoms with Crippen molar-refractivity contribution in [3.8, 4) is 0 Å². The Morgan fingerprint density at radius 3 is 1.79 bits per heavy atom. The van der Waals surface area contributed by atoms with Crippen LogP contribution in [-0.2, 0) is 4.74 Å². The van der Waals surface area contributed by atoms with Crippen LogP contribution in [0, 0.1) is 0 Å². The number of nitrogens with zero attached hydrogens (tertiary/aromatic N) is 3. The second kappa shape index (κ2) is 16.7. The maximum absolute atomic E-state index is 12.9. The van der Waals surface area contributed by atoms with Crippen molar-refractivity contribution >= 4 is 17.9 Å². The first kappa shape index (κ1) is 34.3. The topological polar surface area (TPSA) is 79.0 Å². The van der Waals surface area contributed by atoms with Gasteiger partial charge in [0.15, 0.2) is 0 Å². The smallest absolute Gasteiger partial charge is 0.408 e. The maximum Gasteiger partial charge on any atom is 0.408 e. The molecule has 0 radical (unpaired) electrons. The van der Waals surface area contributed by atoms with Crippen molar-refractivity contribution in [3.05, 3.63) is 107 Å². The first-order valence-electron chi connectivity index (χ1n) is 17.4. The molecule has 2 aliphatic rings. The number of rotatable bonds is 16. The van der Waals surface area contributed by atoms with Gasteiger partial charge in [0.2, 0.25) is 0 Å². The minimum absolute atomic E-state index is 0.0499. The number of fused-ring (bicyclic) bond motifs is 1. The van der Waals surface area contributed by atoms with Gasteiger partial charge in [-0.1, -0.05) is 79.2 Å². The summed E-state index contributed by atoms with van der Waals surface area (Å²) in [6.07, 6.45) is 7.99. The number of piperidine rings is 1. The number of carbonyl (C=O) groups is 3. The van der Waals surface area contributed by atoms with Crippen molar-refractivity contribution in [1.29, 1.82) is 0 Å². The molecule has 250 valence electrons. The summed E-state index contributed by atoms with van der Waals surface area (Å²) in [5.74, 6) is -0.313. The van der Waals surface area contributed by atoms with Crippen molar-refractivity contribution < 1.29 is 23.6 Å². The van der Waals surface area contributed by atoms with E-state index in [0.29, 0.717) is 17.7 Å². The van der Waals surface area contributed by atoms with Gasteiger partial charge >= 0.3 is 6.09 Å². The number of alkyl carbamates (subject to hydrolysis) is 1. The minimum Gasteiger partial charge on any atom is -0.446 e. The Hall–Kier alpha value is -4.01. The third-order valence-corrected chi connectivity index (χ3v) is 9.60. The average molecular weight is 640 g/mol. The largest absolute Gasteiger partial charge is 0.446 e. The van der Waals surface area contributed by atoms with Crippen LogP contribution in [0.2, 0.25) is 0 Å². The molecule has 1 N–H and O–H groups in total. The van der Waals surface area contributed by atoms with E-state index in [1.807, 2.05) is 72.8 Å². The molecule has 47 heavy (non-hydrogen) atoms. The van der Waals surface area contributed by atoms with Crippen molar-refractivity contribution in [2.75, 3.05) is 53.4 Å². The van der Waals surface area contributed by atoms with Crippen LogP contribution < -0.4 is 5.32 Å². The molecule has 0 aromatic heterocycles. The van der Waals surface area contributed by atoms with E-state index >= 15 is 0 Å². The molecule has 2 aliphatic heterocycles. The number of quaternary nitrogens is 1. The fourth-order valence-electron chi connectivity index (χ4n) is 6.80. The van der Waals surface area contributed by atoms with Crippen LogP contribution in [-0.4, -0.2) is 91.7 Å². The Kier molecular flexibility index (Phi) is 12.2. The molecule has 0 spiro atoms. The van der Waals surface area contributed by atoms with Gasteiger partial charge in [-0.25, -0.2) is 4.79 Å². The number of imide groups is 1. The predicted molar refractivity (Wildman–Crippen MR) is 185 cm³/mol. The highest BCUT2D eigenvalue weighted by atomic mass is 16.6. The van der Waals surface area contributed by atoms with Gasteiger partial charge < -0.3 is 19.4 Å². The lowest BCUT2D eigenvalue weighted by atomic mass is 9.99. The number of benzene rings is 3. The molecule has 0 saturated carbocycles. The van der Waals surface area contributed by atoms with Gasteiger partial charge in [-0.15, -0.1) is 0 Å². The Balaban J connectivity index is 0.911. The molecule has 3 aromatic rings. The lowest BCUT2D eigenvalue weighted by molar-refractivity contribution is -0.890. The second-order valence-electron chi connectivity index (χ2n) is 13.7. The molecule has 2 heterocycles. The number of nitrogens with one attached hydrogen (secondary N) is 1. The van der Waals surface area contributed by atoms with E-state index in [1.165, 1.54) is 30.6 Å². The summed E-state index contributed by atoms with van der Waals surface area (Å²) in [5, 5.41) is 3.10. The SMILES string of the molecule is C[N+](C)(CCCCCCN1CCC(OC(=O)NC(c2ccccc2)c2ccccc2)CC1)CCCCN1C(=O)c2ccccc2C1=O. The van der Waals surface area contributed by atoms with Crippen LogP contribution in [0.4, 0.5) is 4.79 Å². The zero-order valence-corrected chi connectivity index (χ0v) is 28.1. The summed E-state index contributed by atoms with van der Waals surface area (Å²) < 4.78 is 6.83. The normalized spacial score (nSPS) is 15.7. The number of amides is 3. The van der Waals surface area contributed by atoms with Gasteiger partial charge in [-0.3, -0.25) is 14.5 Å². The number of hydrogen-bond donors (Lipinski definition) is 1. The molecule has 8 nitrogen and oxygen atoms in total. The molecule has 8 heteroatoms. The van der Waals surface area contributed by atoms with Gasteiger partial charge in [0.1, 0.15) is 6.10 Å². The number of unbranched alkanes of at least 4 members (excludes halogenated alkanes) is 4. The number of carbonyl (C=O) groups excluding carboxylic acids is 3. The molecule has 3 aromatic carbocycles. The van der Waals surface area contributed by atoms with E-state index in [1.54, 1.807) is 12.1 Å². The first-order valence-corrected chi connectivity index (χ1v) is 17.4. The average Bonchev–Trinajstić information content (AvgIpc) is 3.33. The van der Waals surface area contributed by atoms with Crippen molar-refractivity contribution in [1.82, 2.24) is 15.1 Å². The Morgan fingerprint density at radius 2 is 1.21 bits per heavy atom. The molecule has 0 unspecified atom stereocenters. The van der Waals surface area contributed by atoms with Crippen molar-refractivity contribution in [2.24, 2.45) is 0 Å². The molecule has 0 atom stereocenters. The Labute approximate surface area is 280 Å². The predicted octanol–water partition coefficient (Wildman–Crippen LogP) is 6.68. The zero-order chi connectivity index (χ0) is 33.1. The molecule has 5 rings (SSSR count). The summed E-state index contributed by atoms with van der Waals surface area (Å²) in [5.41, 5.74) is 3.13. The van der Waals surface area contributed by atoms with E-state index in [4.69, 9.17) is 4.74 Å². The van der Waals surface area contributed by atoms with Crippen LogP contribution in [0.1, 0.15) is 89.3 Å². The quantitative estimate of drug-likeness (QED) is 0.108. The van der Waals surface area contributed by atoms with Gasteiger partial charge in [-0.05, 0) is 74.8 Å². The number of ether oxygens (including phenoxy) is 1. The molecule has 1 saturated heterocycles. The highest BCUT2D eigenvalue weighted by Crippen LogP contribution is 2.24. The lowest BCUT2D eigenvalue weighted by Crippen LogP contribution is -2.41. The Morgan fingerprint density at radius 1 is 0.723 bits per heavy atom. The van der Waals surface area contributed by atoms with Gasteiger partial charge in [0, 0.05) is 19.6 Å².